The Labute approximate surface area is 127 Å². The summed E-state index contributed by atoms with van der Waals surface area (Å²) in [5.74, 6) is 1.60. The Bertz CT molecular complexity index is 539. The second kappa shape index (κ2) is 6.97. The van der Waals surface area contributed by atoms with Crippen molar-refractivity contribution in [1.29, 1.82) is 0 Å². The number of benzene rings is 1. The fourth-order valence-electron chi connectivity index (χ4n) is 1.77. The van der Waals surface area contributed by atoms with E-state index in [0.29, 0.717) is 17.4 Å². The van der Waals surface area contributed by atoms with Gasteiger partial charge in [0.05, 0.1) is 0 Å². The van der Waals surface area contributed by atoms with Crippen molar-refractivity contribution in [3.8, 4) is 0 Å². The fraction of sp³-hybridized carbons (Fsp3) is 0.467. The summed E-state index contributed by atoms with van der Waals surface area (Å²) in [6.07, 6.45) is 2.30. The topological polar surface area (TPSA) is 34.0 Å². The van der Waals surface area contributed by atoms with Gasteiger partial charge in [0.1, 0.15) is 18.3 Å². The van der Waals surface area contributed by atoms with Gasteiger partial charge in [-0.2, -0.15) is 0 Å². The Morgan fingerprint density at radius 3 is 2.80 bits per heavy atom. The Hall–Kier alpha value is -1.23. The molecule has 1 aromatic carbocycles. The van der Waals surface area contributed by atoms with Crippen molar-refractivity contribution >= 4 is 27.7 Å². The fourth-order valence-corrected chi connectivity index (χ4v) is 2.11. The van der Waals surface area contributed by atoms with E-state index in [1.807, 2.05) is 6.92 Å². The molecule has 108 valence electrons. The second-order valence-corrected chi connectivity index (χ2v) is 5.68. The van der Waals surface area contributed by atoms with Crippen molar-refractivity contribution in [1.82, 2.24) is 0 Å². The predicted octanol–water partition coefficient (Wildman–Crippen LogP) is 4.35. The molecule has 0 unspecified atom stereocenters. The van der Waals surface area contributed by atoms with Crippen LogP contribution in [0.4, 0.5) is 4.39 Å². The third-order valence-electron chi connectivity index (χ3n) is 2.99. The van der Waals surface area contributed by atoms with Crippen LogP contribution >= 0.6 is 15.9 Å². The maximum atomic E-state index is 13.6. The zero-order chi connectivity index (χ0) is 14.5. The van der Waals surface area contributed by atoms with E-state index < -0.39 is 0 Å². The molecule has 2 rings (SSSR count). The van der Waals surface area contributed by atoms with Gasteiger partial charge in [-0.1, -0.05) is 22.0 Å². The molecule has 3 nitrogen and oxygen atoms in total. The van der Waals surface area contributed by atoms with Crippen LogP contribution < -0.4 is 0 Å². The molecule has 0 atom stereocenters. The molecule has 1 aromatic rings. The molecule has 20 heavy (non-hydrogen) atoms. The van der Waals surface area contributed by atoms with Crippen molar-refractivity contribution in [3.05, 3.63) is 34.1 Å². The summed E-state index contributed by atoms with van der Waals surface area (Å²) in [7, 11) is 0. The zero-order valence-electron chi connectivity index (χ0n) is 11.7. The van der Waals surface area contributed by atoms with Gasteiger partial charge in [0.2, 0.25) is 0 Å². The highest BCUT2D eigenvalue weighted by Crippen LogP contribution is 2.31. The molecule has 0 amide bonds. The molecule has 0 aromatic heterocycles. The van der Waals surface area contributed by atoms with Gasteiger partial charge < -0.3 is 4.74 Å². The first-order valence-corrected chi connectivity index (χ1v) is 7.55. The summed E-state index contributed by atoms with van der Waals surface area (Å²) in [4.78, 5) is 8.78. The van der Waals surface area contributed by atoms with E-state index in [4.69, 9.17) is 4.74 Å². The molecule has 0 saturated heterocycles. The number of amidine groups is 1. The van der Waals surface area contributed by atoms with E-state index in [1.165, 1.54) is 6.07 Å². The Kier molecular flexibility index (Phi) is 5.29. The lowest BCUT2D eigenvalue weighted by atomic mass is 10.2. The van der Waals surface area contributed by atoms with Crippen LogP contribution in [0.3, 0.4) is 0 Å². The summed E-state index contributed by atoms with van der Waals surface area (Å²) in [5.41, 5.74) is 0.517. The van der Waals surface area contributed by atoms with Crippen molar-refractivity contribution in [2.75, 3.05) is 6.54 Å². The lowest BCUT2D eigenvalue weighted by Crippen LogP contribution is -2.07. The molecule has 0 bridgehead atoms. The lowest BCUT2D eigenvalue weighted by molar-refractivity contribution is 0.284. The van der Waals surface area contributed by atoms with Crippen LogP contribution in [0.2, 0.25) is 0 Å². The smallest absolute Gasteiger partial charge is 0.186 e. The molecule has 0 aliphatic heterocycles. The molecule has 1 aliphatic carbocycles. The monoisotopic (exact) mass is 340 g/mol. The average molecular weight is 341 g/mol. The third kappa shape index (κ3) is 4.40. The van der Waals surface area contributed by atoms with Gasteiger partial charge in [0.15, 0.2) is 5.90 Å². The average Bonchev–Trinajstić information content (AvgIpc) is 3.21. The number of ether oxygens (including phenoxy) is 1. The van der Waals surface area contributed by atoms with Crippen LogP contribution in [-0.2, 0) is 11.3 Å². The Balaban J connectivity index is 1.97. The van der Waals surface area contributed by atoms with Gasteiger partial charge in [-0.3, -0.25) is 4.99 Å². The van der Waals surface area contributed by atoms with Gasteiger partial charge in [0, 0.05) is 29.4 Å². The highest BCUT2D eigenvalue weighted by atomic mass is 79.9. The number of hydrogen-bond acceptors (Lipinski definition) is 2. The van der Waals surface area contributed by atoms with Crippen LogP contribution in [0, 0.1) is 11.7 Å². The van der Waals surface area contributed by atoms with Crippen LogP contribution in [0.1, 0.15) is 32.3 Å². The van der Waals surface area contributed by atoms with Crippen LogP contribution in [0.5, 0.6) is 0 Å². The minimum atomic E-state index is -0.281. The van der Waals surface area contributed by atoms with Gasteiger partial charge in [-0.05, 0) is 31.9 Å². The van der Waals surface area contributed by atoms with Crippen molar-refractivity contribution in [3.63, 3.8) is 0 Å². The van der Waals surface area contributed by atoms with Crippen LogP contribution in [0.25, 0.3) is 0 Å². The summed E-state index contributed by atoms with van der Waals surface area (Å²) < 4.78 is 19.9. The number of nitrogens with zero attached hydrogens (tertiary/aromatic N) is 2. The van der Waals surface area contributed by atoms with E-state index in [-0.39, 0.29) is 12.4 Å². The molecular formula is C15H18BrFN2O. The minimum Gasteiger partial charge on any atom is -0.476 e. The van der Waals surface area contributed by atoms with Gasteiger partial charge >= 0.3 is 0 Å². The number of hydrogen-bond donors (Lipinski definition) is 0. The zero-order valence-corrected chi connectivity index (χ0v) is 13.3. The second-order valence-electron chi connectivity index (χ2n) is 4.76. The molecule has 5 heteroatoms. The highest BCUT2D eigenvalue weighted by molar-refractivity contribution is 9.10. The van der Waals surface area contributed by atoms with E-state index >= 15 is 0 Å². The van der Waals surface area contributed by atoms with Gasteiger partial charge in [-0.25, -0.2) is 9.38 Å². The van der Waals surface area contributed by atoms with E-state index in [1.54, 1.807) is 19.1 Å². The maximum Gasteiger partial charge on any atom is 0.186 e. The third-order valence-corrected chi connectivity index (χ3v) is 3.48. The lowest BCUT2D eigenvalue weighted by Gasteiger charge is -2.07. The molecule has 0 N–H and O–H groups in total. The van der Waals surface area contributed by atoms with E-state index in [9.17, 15) is 4.39 Å². The number of halogens is 2. The molecule has 1 fully saturated rings. The van der Waals surface area contributed by atoms with Crippen molar-refractivity contribution in [2.45, 2.75) is 33.3 Å². The van der Waals surface area contributed by atoms with E-state index in [0.717, 1.165) is 29.7 Å². The summed E-state index contributed by atoms with van der Waals surface area (Å²) in [6.45, 7) is 4.68. The molecule has 1 aliphatic rings. The largest absolute Gasteiger partial charge is 0.476 e. The van der Waals surface area contributed by atoms with Crippen molar-refractivity contribution < 1.29 is 9.13 Å². The highest BCUT2D eigenvalue weighted by Gasteiger charge is 2.27. The molecule has 0 radical (unpaired) electrons. The quantitative estimate of drug-likeness (QED) is 0.592. The summed E-state index contributed by atoms with van der Waals surface area (Å²) in [6, 6.07) is 4.93. The van der Waals surface area contributed by atoms with E-state index in [2.05, 4.69) is 25.9 Å². The first-order valence-electron chi connectivity index (χ1n) is 6.76. The maximum absolute atomic E-state index is 13.6. The minimum absolute atomic E-state index is 0.179. The summed E-state index contributed by atoms with van der Waals surface area (Å²) >= 11 is 3.23. The predicted molar refractivity (Wildman–Crippen MR) is 82.7 cm³/mol. The van der Waals surface area contributed by atoms with Crippen LogP contribution in [0.15, 0.2) is 32.7 Å². The normalized spacial score (nSPS) is 16.4. The van der Waals surface area contributed by atoms with Gasteiger partial charge in [-0.15, -0.1) is 0 Å². The number of rotatable bonds is 4. The molecule has 0 heterocycles. The summed E-state index contributed by atoms with van der Waals surface area (Å²) in [5, 5.41) is 0. The molecular weight excluding hydrogens is 323 g/mol. The Morgan fingerprint density at radius 1 is 1.45 bits per heavy atom. The first kappa shape index (κ1) is 15.2. The first-order chi connectivity index (χ1) is 9.60. The molecule has 0 spiro atoms. The van der Waals surface area contributed by atoms with Crippen molar-refractivity contribution in [2.24, 2.45) is 15.9 Å². The van der Waals surface area contributed by atoms with Crippen LogP contribution in [-0.4, -0.2) is 18.3 Å². The van der Waals surface area contributed by atoms with Gasteiger partial charge in [0.25, 0.3) is 0 Å². The number of aliphatic imine (C=N–C) groups is 2. The standard InChI is InChI=1S/C15H18BrFN2O/c1-3-18-15(11-4-5-11)19-10(2)20-9-12-6-7-13(16)8-14(12)17/h6-8,11H,3-5,9H2,1-2H3. The SMILES string of the molecule is CCN=C(N=C(C)OCc1ccc(Br)cc1F)C1CC1. The molecule has 1 saturated carbocycles. The Morgan fingerprint density at radius 2 is 2.20 bits per heavy atom.